The molecule has 1 amide bonds. The van der Waals surface area contributed by atoms with Crippen molar-refractivity contribution in [1.82, 2.24) is 10.2 Å². The van der Waals surface area contributed by atoms with E-state index in [4.69, 9.17) is 14.2 Å². The van der Waals surface area contributed by atoms with Gasteiger partial charge in [-0.15, -0.1) is 11.8 Å². The van der Waals surface area contributed by atoms with E-state index in [9.17, 15) is 14.4 Å². The second kappa shape index (κ2) is 10.9. The van der Waals surface area contributed by atoms with Crippen molar-refractivity contribution < 1.29 is 23.8 Å². The number of carbonyl (C=O) groups is 2. The average molecular weight is 487 g/mol. The second-order valence-corrected chi connectivity index (χ2v) is 9.11. The molecule has 0 saturated heterocycles. The molecule has 2 aromatic carbocycles. The zero-order chi connectivity index (χ0) is 25.0. The lowest BCUT2D eigenvalue weighted by Gasteiger charge is -2.20. The molecule has 1 atom stereocenters. The minimum Gasteiger partial charge on any atom is -0.492 e. The zero-order valence-corrected chi connectivity index (χ0v) is 21.1. The van der Waals surface area contributed by atoms with Crippen LogP contribution >= 0.6 is 11.8 Å². The highest BCUT2D eigenvalue weighted by Gasteiger charge is 2.30. The van der Waals surface area contributed by atoms with E-state index in [2.05, 4.69) is 5.32 Å². The summed E-state index contributed by atoms with van der Waals surface area (Å²) in [5.74, 6) is 0.341. The molecule has 2 aromatic rings. The number of nitrogens with one attached hydrogen (secondary N) is 1. The van der Waals surface area contributed by atoms with Crippen molar-refractivity contribution >= 4 is 23.6 Å². The van der Waals surface area contributed by atoms with Crippen LogP contribution in [0.15, 0.2) is 34.0 Å². The molecule has 9 heteroatoms. The molecule has 0 aliphatic heterocycles. The Balaban J connectivity index is 2.30. The normalized spacial score (nSPS) is 14.5. The number of fused-ring (bicyclic) bond motifs is 3. The number of ether oxygens (including phenoxy) is 3. The smallest absolute Gasteiger partial charge is 0.325 e. The Morgan fingerprint density at radius 3 is 2.44 bits per heavy atom. The monoisotopic (exact) mass is 486 g/mol. The summed E-state index contributed by atoms with van der Waals surface area (Å²) in [4.78, 5) is 39.6. The fourth-order valence-corrected chi connectivity index (χ4v) is 4.66. The molecule has 0 spiro atoms. The van der Waals surface area contributed by atoms with Gasteiger partial charge in [0, 0.05) is 12.5 Å². The molecule has 0 saturated carbocycles. The third kappa shape index (κ3) is 5.37. The van der Waals surface area contributed by atoms with Crippen LogP contribution in [0.5, 0.6) is 17.2 Å². The van der Waals surface area contributed by atoms with E-state index in [0.717, 1.165) is 16.7 Å². The van der Waals surface area contributed by atoms with E-state index in [1.165, 1.54) is 32.9 Å². The molecule has 0 radical (unpaired) electrons. The van der Waals surface area contributed by atoms with Gasteiger partial charge in [0.2, 0.25) is 11.7 Å². The number of hydrogen-bond acceptors (Lipinski definition) is 8. The molecular formula is C25H30N2O6S. The largest absolute Gasteiger partial charge is 0.492 e. The van der Waals surface area contributed by atoms with Crippen molar-refractivity contribution in [2.45, 2.75) is 30.7 Å². The van der Waals surface area contributed by atoms with Gasteiger partial charge in [0.25, 0.3) is 0 Å². The van der Waals surface area contributed by atoms with Crippen LogP contribution in [0.25, 0.3) is 11.1 Å². The summed E-state index contributed by atoms with van der Waals surface area (Å²) < 4.78 is 17.1. The molecule has 1 N–H and O–H groups in total. The maximum Gasteiger partial charge on any atom is 0.325 e. The minimum absolute atomic E-state index is 0.107. The predicted molar refractivity (Wildman–Crippen MR) is 132 cm³/mol. The van der Waals surface area contributed by atoms with Gasteiger partial charge in [0.15, 0.2) is 16.9 Å². The molecule has 0 heterocycles. The fourth-order valence-electron chi connectivity index (χ4n) is 4.20. The third-order valence-corrected chi connectivity index (χ3v) is 6.32. The lowest BCUT2D eigenvalue weighted by Crippen LogP contribution is -2.26. The summed E-state index contributed by atoms with van der Waals surface area (Å²) in [5, 5.41) is 2.98. The molecular weight excluding hydrogens is 456 g/mol. The molecule has 1 aliphatic carbocycles. The maximum absolute atomic E-state index is 12.9. The Hall–Kier alpha value is -3.04. The van der Waals surface area contributed by atoms with Gasteiger partial charge in [-0.05, 0) is 68.1 Å². The van der Waals surface area contributed by atoms with Crippen LogP contribution in [0, 0.1) is 0 Å². The van der Waals surface area contributed by atoms with Gasteiger partial charge in [-0.25, -0.2) is 0 Å². The van der Waals surface area contributed by atoms with E-state index in [1.54, 1.807) is 37.2 Å². The predicted octanol–water partition coefficient (Wildman–Crippen LogP) is 3.04. The van der Waals surface area contributed by atoms with E-state index < -0.39 is 5.97 Å². The lowest BCUT2D eigenvalue weighted by molar-refractivity contribution is -0.135. The first kappa shape index (κ1) is 25.6. The number of benzene rings is 1. The van der Waals surface area contributed by atoms with Gasteiger partial charge in [-0.2, -0.15) is 0 Å². The van der Waals surface area contributed by atoms with Crippen LogP contribution in [0.4, 0.5) is 0 Å². The number of nitrogens with zero attached hydrogens (tertiary/aromatic N) is 1. The molecule has 1 aliphatic rings. The molecule has 0 bridgehead atoms. The van der Waals surface area contributed by atoms with Crippen LogP contribution in [-0.4, -0.2) is 57.9 Å². The topological polar surface area (TPSA) is 94.2 Å². The number of hydrogen-bond donors (Lipinski definition) is 1. The summed E-state index contributed by atoms with van der Waals surface area (Å²) in [6.45, 7) is 1.56. The Bertz CT molecular complexity index is 1160. The van der Waals surface area contributed by atoms with Crippen LogP contribution in [0.3, 0.4) is 0 Å². The fraction of sp³-hybridized carbons (Fsp3) is 0.400. The number of amides is 1. The first-order valence-corrected chi connectivity index (χ1v) is 12.1. The van der Waals surface area contributed by atoms with Gasteiger partial charge < -0.3 is 19.5 Å². The van der Waals surface area contributed by atoms with E-state index in [1.807, 2.05) is 12.3 Å². The van der Waals surface area contributed by atoms with Gasteiger partial charge in [-0.3, -0.25) is 19.3 Å². The van der Waals surface area contributed by atoms with E-state index in [0.29, 0.717) is 29.1 Å². The molecule has 3 rings (SSSR count). The number of rotatable bonds is 7. The Morgan fingerprint density at radius 1 is 1.15 bits per heavy atom. The third-order valence-electron chi connectivity index (χ3n) is 5.55. The van der Waals surface area contributed by atoms with Crippen molar-refractivity contribution in [3.63, 3.8) is 0 Å². The lowest BCUT2D eigenvalue weighted by atomic mass is 9.95. The van der Waals surface area contributed by atoms with Crippen molar-refractivity contribution in [2.75, 3.05) is 41.1 Å². The van der Waals surface area contributed by atoms with Crippen molar-refractivity contribution in [3.05, 3.63) is 45.6 Å². The zero-order valence-electron chi connectivity index (χ0n) is 20.3. The molecule has 1 unspecified atom stereocenters. The molecule has 0 fully saturated rings. The highest BCUT2D eigenvalue weighted by molar-refractivity contribution is 7.98. The number of carbonyl (C=O) groups excluding carboxylic acids is 2. The molecule has 34 heavy (non-hydrogen) atoms. The van der Waals surface area contributed by atoms with Gasteiger partial charge in [0.1, 0.15) is 0 Å². The van der Waals surface area contributed by atoms with E-state index >= 15 is 0 Å². The quantitative estimate of drug-likeness (QED) is 0.363. The molecule has 8 nitrogen and oxygen atoms in total. The summed E-state index contributed by atoms with van der Waals surface area (Å²) in [5.41, 5.74) is 2.95. The van der Waals surface area contributed by atoms with Crippen LogP contribution in [0.1, 0.15) is 30.5 Å². The van der Waals surface area contributed by atoms with Gasteiger partial charge >= 0.3 is 5.97 Å². The van der Waals surface area contributed by atoms with Crippen LogP contribution < -0.4 is 25.0 Å². The van der Waals surface area contributed by atoms with Crippen molar-refractivity contribution in [3.8, 4) is 28.4 Å². The second-order valence-electron chi connectivity index (χ2n) is 8.26. The Morgan fingerprint density at radius 2 is 1.85 bits per heavy atom. The summed E-state index contributed by atoms with van der Waals surface area (Å²) in [7, 11) is 6.57. The van der Waals surface area contributed by atoms with Gasteiger partial charge in [-0.1, -0.05) is 6.07 Å². The summed E-state index contributed by atoms with van der Waals surface area (Å²) >= 11 is 1.36. The Labute approximate surface area is 203 Å². The van der Waals surface area contributed by atoms with E-state index in [-0.39, 0.29) is 35.4 Å². The average Bonchev–Trinajstić information content (AvgIpc) is 3.00. The Kier molecular flexibility index (Phi) is 8.22. The first-order chi connectivity index (χ1) is 16.2. The summed E-state index contributed by atoms with van der Waals surface area (Å²) in [6.07, 6.45) is 2.96. The van der Waals surface area contributed by atoms with Gasteiger partial charge in [0.05, 0.1) is 31.7 Å². The summed E-state index contributed by atoms with van der Waals surface area (Å²) in [6, 6.07) is 6.66. The first-order valence-electron chi connectivity index (χ1n) is 10.8. The standard InChI is InChI=1S/C25H30N2O6S/c1-14(28)26-18-9-7-15-11-20(33-22(30)13-27(2)3)24(31-4)25(32-5)23(15)16-8-10-21(34-6)19(29)12-17(16)18/h8,10-12,18H,7,9,13H2,1-6H3,(H,26,28). The van der Waals surface area contributed by atoms with Crippen molar-refractivity contribution in [1.29, 1.82) is 0 Å². The minimum atomic E-state index is -0.428. The van der Waals surface area contributed by atoms with Crippen LogP contribution in [0.2, 0.25) is 0 Å². The molecule has 182 valence electrons. The number of aryl methyl sites for hydroxylation is 1. The maximum atomic E-state index is 12.9. The van der Waals surface area contributed by atoms with Crippen molar-refractivity contribution in [2.24, 2.45) is 0 Å². The highest BCUT2D eigenvalue weighted by atomic mass is 32.2. The number of likely N-dealkylation sites (N-methyl/N-ethyl adjacent to an activating group) is 1. The number of thioether (sulfide) groups is 1. The number of methoxy groups -OCH3 is 2. The highest BCUT2D eigenvalue weighted by Crippen LogP contribution is 2.50. The number of esters is 1. The van der Waals surface area contributed by atoms with Crippen LogP contribution in [-0.2, 0) is 16.0 Å². The SMILES string of the molecule is COc1c(OC(=O)CN(C)C)cc2c(c1OC)-c1ccc(SC)c(=O)cc1C(NC(C)=O)CC2. The molecule has 0 aromatic heterocycles.